The second-order valence-electron chi connectivity index (χ2n) is 6.42. The lowest BCUT2D eigenvalue weighted by molar-refractivity contribution is -0.127. The topological polar surface area (TPSA) is 47.6 Å². The molecule has 5 heteroatoms. The van der Waals surface area contributed by atoms with Gasteiger partial charge in [0.15, 0.2) is 6.10 Å². The molecule has 0 saturated heterocycles. The third-order valence-corrected chi connectivity index (χ3v) is 3.73. The van der Waals surface area contributed by atoms with E-state index < -0.39 is 6.10 Å². The maximum absolute atomic E-state index is 12.9. The first-order valence-corrected chi connectivity index (χ1v) is 8.89. The van der Waals surface area contributed by atoms with E-state index in [0.29, 0.717) is 12.3 Å². The largest absolute Gasteiger partial charge is 0.491 e. The van der Waals surface area contributed by atoms with Crippen LogP contribution in [-0.2, 0) is 11.2 Å². The summed E-state index contributed by atoms with van der Waals surface area (Å²) >= 11 is 0. The van der Waals surface area contributed by atoms with Gasteiger partial charge in [-0.05, 0) is 75.6 Å². The smallest absolute Gasteiger partial charge is 0.260 e. The molecule has 2 aromatic rings. The predicted molar refractivity (Wildman–Crippen MR) is 100 cm³/mol. The van der Waals surface area contributed by atoms with E-state index in [1.807, 2.05) is 38.1 Å². The lowest BCUT2D eigenvalue weighted by Crippen LogP contribution is -2.36. The Bertz CT molecular complexity index is 683. The van der Waals surface area contributed by atoms with Crippen LogP contribution in [0.1, 0.15) is 32.8 Å². The molecule has 0 radical (unpaired) electrons. The second kappa shape index (κ2) is 9.80. The third-order valence-electron chi connectivity index (χ3n) is 3.73. The van der Waals surface area contributed by atoms with Crippen LogP contribution in [0.4, 0.5) is 4.39 Å². The van der Waals surface area contributed by atoms with Gasteiger partial charge in [-0.25, -0.2) is 4.39 Å². The molecule has 0 bridgehead atoms. The summed E-state index contributed by atoms with van der Waals surface area (Å²) in [6.07, 6.45) is 1.23. The Hall–Kier alpha value is -2.56. The van der Waals surface area contributed by atoms with Crippen LogP contribution in [0.15, 0.2) is 48.5 Å². The molecule has 4 nitrogen and oxygen atoms in total. The van der Waals surface area contributed by atoms with Gasteiger partial charge in [0.05, 0.1) is 6.10 Å². The highest BCUT2D eigenvalue weighted by Crippen LogP contribution is 2.15. The summed E-state index contributed by atoms with van der Waals surface area (Å²) < 4.78 is 24.0. The third kappa shape index (κ3) is 6.75. The van der Waals surface area contributed by atoms with Crippen LogP contribution in [0.25, 0.3) is 0 Å². The highest BCUT2D eigenvalue weighted by Gasteiger charge is 2.13. The molecule has 0 fully saturated rings. The summed E-state index contributed by atoms with van der Waals surface area (Å²) in [7, 11) is 0. The van der Waals surface area contributed by atoms with Crippen molar-refractivity contribution < 1.29 is 18.7 Å². The molecule has 0 unspecified atom stereocenters. The maximum atomic E-state index is 12.9. The Morgan fingerprint density at radius 2 is 1.54 bits per heavy atom. The number of halogens is 1. The van der Waals surface area contributed by atoms with Crippen molar-refractivity contribution in [3.63, 3.8) is 0 Å². The Morgan fingerprint density at radius 1 is 0.962 bits per heavy atom. The molecule has 2 aromatic carbocycles. The van der Waals surface area contributed by atoms with Gasteiger partial charge in [-0.1, -0.05) is 12.1 Å². The van der Waals surface area contributed by atoms with Gasteiger partial charge in [0, 0.05) is 6.54 Å². The number of benzene rings is 2. The Kier molecular flexibility index (Phi) is 7.45. The zero-order chi connectivity index (χ0) is 18.9. The molecule has 140 valence electrons. The standard InChI is InChI=1S/C21H26FNO3/c1-15(2)25-19-10-6-17(7-11-19)5-4-14-23-21(24)16(3)26-20-12-8-18(22)9-13-20/h6-13,15-16H,4-5,14H2,1-3H3,(H,23,24)/t16-/m0/s1. The van der Waals surface area contributed by atoms with Crippen LogP contribution >= 0.6 is 0 Å². The molecule has 0 aromatic heterocycles. The Balaban J connectivity index is 1.68. The van der Waals surface area contributed by atoms with Crippen molar-refractivity contribution in [3.05, 3.63) is 59.9 Å². The number of carbonyl (C=O) groups excluding carboxylic acids is 1. The number of aryl methyl sites for hydroxylation is 1. The van der Waals surface area contributed by atoms with E-state index in [1.54, 1.807) is 6.92 Å². The monoisotopic (exact) mass is 359 g/mol. The maximum Gasteiger partial charge on any atom is 0.260 e. The van der Waals surface area contributed by atoms with E-state index in [2.05, 4.69) is 5.32 Å². The van der Waals surface area contributed by atoms with Crippen LogP contribution in [0.3, 0.4) is 0 Å². The number of rotatable bonds is 9. The fraction of sp³-hybridized carbons (Fsp3) is 0.381. The van der Waals surface area contributed by atoms with Crippen LogP contribution in [0.2, 0.25) is 0 Å². The van der Waals surface area contributed by atoms with Gasteiger partial charge in [0.2, 0.25) is 0 Å². The minimum absolute atomic E-state index is 0.162. The van der Waals surface area contributed by atoms with Crippen molar-refractivity contribution in [2.75, 3.05) is 6.54 Å². The van der Waals surface area contributed by atoms with E-state index in [4.69, 9.17) is 9.47 Å². The quantitative estimate of drug-likeness (QED) is 0.685. The number of hydrogen-bond acceptors (Lipinski definition) is 3. The van der Waals surface area contributed by atoms with Crippen LogP contribution in [0, 0.1) is 5.82 Å². The summed E-state index contributed by atoms with van der Waals surface area (Å²) in [5, 5.41) is 2.86. The van der Waals surface area contributed by atoms with Crippen molar-refractivity contribution in [2.45, 2.75) is 45.8 Å². The van der Waals surface area contributed by atoms with Gasteiger partial charge in [-0.15, -0.1) is 0 Å². The average molecular weight is 359 g/mol. The number of amides is 1. The van der Waals surface area contributed by atoms with Crippen LogP contribution < -0.4 is 14.8 Å². The van der Waals surface area contributed by atoms with Gasteiger partial charge in [0.25, 0.3) is 5.91 Å². The number of nitrogens with one attached hydrogen (secondary N) is 1. The molecule has 1 amide bonds. The Morgan fingerprint density at radius 3 is 2.15 bits per heavy atom. The summed E-state index contributed by atoms with van der Waals surface area (Å²) in [5.74, 6) is 0.815. The zero-order valence-electron chi connectivity index (χ0n) is 15.5. The highest BCUT2D eigenvalue weighted by atomic mass is 19.1. The van der Waals surface area contributed by atoms with E-state index in [0.717, 1.165) is 18.6 Å². The molecular weight excluding hydrogens is 333 g/mol. The lowest BCUT2D eigenvalue weighted by Gasteiger charge is -2.14. The summed E-state index contributed by atoms with van der Waals surface area (Å²) in [5.41, 5.74) is 1.20. The van der Waals surface area contributed by atoms with Crippen molar-refractivity contribution in [2.24, 2.45) is 0 Å². The van der Waals surface area contributed by atoms with Crippen molar-refractivity contribution in [1.29, 1.82) is 0 Å². The van der Waals surface area contributed by atoms with Gasteiger partial charge in [-0.3, -0.25) is 4.79 Å². The first kappa shape index (κ1) is 19.8. The summed E-state index contributed by atoms with van der Waals surface area (Å²) in [6, 6.07) is 13.6. The predicted octanol–water partition coefficient (Wildman–Crippen LogP) is 4.13. The van der Waals surface area contributed by atoms with E-state index >= 15 is 0 Å². The van der Waals surface area contributed by atoms with E-state index in [9.17, 15) is 9.18 Å². The van der Waals surface area contributed by atoms with E-state index in [1.165, 1.54) is 29.8 Å². The first-order valence-electron chi connectivity index (χ1n) is 8.89. The van der Waals surface area contributed by atoms with E-state index in [-0.39, 0.29) is 17.8 Å². The number of ether oxygens (including phenoxy) is 2. The minimum atomic E-state index is -0.632. The molecule has 26 heavy (non-hydrogen) atoms. The molecule has 0 aliphatic carbocycles. The molecule has 0 saturated carbocycles. The molecule has 0 aliphatic rings. The van der Waals surface area contributed by atoms with Gasteiger partial charge < -0.3 is 14.8 Å². The summed E-state index contributed by atoms with van der Waals surface area (Å²) in [4.78, 5) is 12.0. The molecule has 1 atom stereocenters. The fourth-order valence-corrected chi connectivity index (χ4v) is 2.43. The van der Waals surface area contributed by atoms with Crippen LogP contribution in [-0.4, -0.2) is 24.7 Å². The zero-order valence-corrected chi connectivity index (χ0v) is 15.5. The normalized spacial score (nSPS) is 11.9. The van der Waals surface area contributed by atoms with Gasteiger partial charge in [-0.2, -0.15) is 0 Å². The average Bonchev–Trinajstić information content (AvgIpc) is 2.61. The fourth-order valence-electron chi connectivity index (χ4n) is 2.43. The SMILES string of the molecule is CC(C)Oc1ccc(CCCNC(=O)[C@H](C)Oc2ccc(F)cc2)cc1. The number of carbonyl (C=O) groups is 1. The molecule has 1 N–H and O–H groups in total. The second-order valence-corrected chi connectivity index (χ2v) is 6.42. The van der Waals surface area contributed by atoms with Crippen molar-refractivity contribution >= 4 is 5.91 Å². The molecule has 2 rings (SSSR count). The summed E-state index contributed by atoms with van der Waals surface area (Å²) in [6.45, 7) is 6.24. The number of hydrogen-bond donors (Lipinski definition) is 1. The Labute approximate surface area is 154 Å². The van der Waals surface area contributed by atoms with Gasteiger partial charge >= 0.3 is 0 Å². The lowest BCUT2D eigenvalue weighted by atomic mass is 10.1. The molecular formula is C21H26FNO3. The first-order chi connectivity index (χ1) is 12.4. The van der Waals surface area contributed by atoms with Crippen molar-refractivity contribution in [3.8, 4) is 11.5 Å². The highest BCUT2D eigenvalue weighted by molar-refractivity contribution is 5.80. The molecule has 0 aliphatic heterocycles. The van der Waals surface area contributed by atoms with Crippen LogP contribution in [0.5, 0.6) is 11.5 Å². The molecule has 0 heterocycles. The van der Waals surface area contributed by atoms with Crippen molar-refractivity contribution in [1.82, 2.24) is 5.32 Å². The minimum Gasteiger partial charge on any atom is -0.491 e. The molecule has 0 spiro atoms. The van der Waals surface area contributed by atoms with Gasteiger partial charge in [0.1, 0.15) is 17.3 Å².